The molecule has 1 fully saturated rings. The maximum absolute atomic E-state index is 13.1. The number of likely N-dealkylation sites (tertiary alicyclic amines) is 1. The number of ether oxygens (including phenoxy) is 1. The molecule has 0 radical (unpaired) electrons. The number of hydrogen-bond acceptors (Lipinski definition) is 4. The minimum absolute atomic E-state index is 0.0476. The lowest BCUT2D eigenvalue weighted by atomic mass is 9.81. The second-order valence-electron chi connectivity index (χ2n) is 8.96. The molecule has 158 valence electrons. The Bertz CT molecular complexity index is 951. The highest BCUT2D eigenvalue weighted by molar-refractivity contribution is 6.30. The third-order valence-electron chi connectivity index (χ3n) is 6.31. The minimum atomic E-state index is 0.0476. The number of halogens is 1. The van der Waals surface area contributed by atoms with Gasteiger partial charge in [0.15, 0.2) is 0 Å². The Labute approximate surface area is 182 Å². The number of nitrogens with zero attached hydrogens (tertiary/aromatic N) is 4. The molecule has 0 N–H and O–H groups in total. The molecular weight excluding hydrogens is 400 g/mol. The van der Waals surface area contributed by atoms with Crippen LogP contribution >= 0.6 is 11.6 Å². The van der Waals surface area contributed by atoms with Crippen molar-refractivity contribution in [1.29, 1.82) is 0 Å². The first-order valence-corrected chi connectivity index (χ1v) is 10.8. The van der Waals surface area contributed by atoms with Crippen LogP contribution in [-0.2, 0) is 0 Å². The summed E-state index contributed by atoms with van der Waals surface area (Å²) in [5.74, 6) is 0.677. The van der Waals surface area contributed by atoms with Crippen LogP contribution in [0.4, 0.5) is 10.5 Å². The molecular formula is C23H27ClN4O2. The molecule has 30 heavy (non-hydrogen) atoms. The Kier molecular flexibility index (Phi) is 4.69. The highest BCUT2D eigenvalue weighted by atomic mass is 35.5. The van der Waals surface area contributed by atoms with E-state index in [1.165, 1.54) is 5.70 Å². The lowest BCUT2D eigenvalue weighted by molar-refractivity contribution is 0.0301. The van der Waals surface area contributed by atoms with Gasteiger partial charge in [-0.05, 0) is 30.7 Å². The van der Waals surface area contributed by atoms with Gasteiger partial charge in [0.2, 0.25) is 0 Å². The molecule has 6 nitrogen and oxygen atoms in total. The fraction of sp³-hybridized carbons (Fsp3) is 0.435. The first-order chi connectivity index (χ1) is 14.4. The van der Waals surface area contributed by atoms with Gasteiger partial charge in [0.25, 0.3) is 0 Å². The highest BCUT2D eigenvalue weighted by Gasteiger charge is 2.44. The van der Waals surface area contributed by atoms with Gasteiger partial charge in [-0.1, -0.05) is 24.6 Å². The van der Waals surface area contributed by atoms with E-state index in [9.17, 15) is 4.79 Å². The van der Waals surface area contributed by atoms with Crippen molar-refractivity contribution in [3.05, 3.63) is 59.5 Å². The molecule has 0 aromatic heterocycles. The maximum atomic E-state index is 13.1. The molecule has 7 heteroatoms. The summed E-state index contributed by atoms with van der Waals surface area (Å²) in [5, 5.41) is 0.616. The van der Waals surface area contributed by atoms with E-state index in [1.807, 2.05) is 15.9 Å². The first-order valence-electron chi connectivity index (χ1n) is 10.5. The number of hydrogen-bond donors (Lipinski definition) is 0. The van der Waals surface area contributed by atoms with Crippen LogP contribution in [0.1, 0.15) is 13.3 Å². The van der Waals surface area contributed by atoms with Crippen molar-refractivity contribution >= 4 is 23.3 Å². The van der Waals surface area contributed by atoms with Gasteiger partial charge in [-0.2, -0.15) is 0 Å². The van der Waals surface area contributed by atoms with Crippen LogP contribution in [0.3, 0.4) is 0 Å². The Morgan fingerprint density at radius 3 is 3.00 bits per heavy atom. The first kappa shape index (κ1) is 19.4. The monoisotopic (exact) mass is 426 g/mol. The van der Waals surface area contributed by atoms with Gasteiger partial charge in [0, 0.05) is 61.3 Å². The predicted molar refractivity (Wildman–Crippen MR) is 119 cm³/mol. The molecule has 5 rings (SSSR count). The number of allylic oxidation sites excluding steroid dienone is 1. The summed E-state index contributed by atoms with van der Waals surface area (Å²) < 4.78 is 5.68. The number of benzene rings is 1. The van der Waals surface area contributed by atoms with Crippen molar-refractivity contribution in [1.82, 2.24) is 14.7 Å². The van der Waals surface area contributed by atoms with Crippen LogP contribution in [0.25, 0.3) is 0 Å². The predicted octanol–water partition coefficient (Wildman–Crippen LogP) is 3.91. The van der Waals surface area contributed by atoms with Gasteiger partial charge >= 0.3 is 6.03 Å². The average molecular weight is 427 g/mol. The molecule has 1 aromatic carbocycles. The van der Waals surface area contributed by atoms with Crippen LogP contribution in [0.5, 0.6) is 5.75 Å². The van der Waals surface area contributed by atoms with Gasteiger partial charge < -0.3 is 19.4 Å². The van der Waals surface area contributed by atoms with Gasteiger partial charge in [-0.25, -0.2) is 4.79 Å². The quantitative estimate of drug-likeness (QED) is 0.734. The number of carbonyl (C=O) groups excluding carboxylic acids is 1. The van der Waals surface area contributed by atoms with Crippen molar-refractivity contribution in [2.45, 2.75) is 19.4 Å². The summed E-state index contributed by atoms with van der Waals surface area (Å²) >= 11 is 6.07. The lowest BCUT2D eigenvalue weighted by Crippen LogP contribution is -2.63. The van der Waals surface area contributed by atoms with E-state index in [2.05, 4.69) is 54.4 Å². The van der Waals surface area contributed by atoms with Crippen LogP contribution in [-0.4, -0.2) is 66.6 Å². The third-order valence-corrected chi connectivity index (χ3v) is 6.55. The summed E-state index contributed by atoms with van der Waals surface area (Å²) in [6.07, 6.45) is 12.1. The average Bonchev–Trinajstić information content (AvgIpc) is 3.18. The molecule has 1 atom stereocenters. The molecule has 2 amide bonds. The zero-order valence-electron chi connectivity index (χ0n) is 17.4. The van der Waals surface area contributed by atoms with E-state index in [-0.39, 0.29) is 11.4 Å². The van der Waals surface area contributed by atoms with Gasteiger partial charge in [0.05, 0.1) is 18.3 Å². The van der Waals surface area contributed by atoms with Crippen LogP contribution < -0.4 is 9.64 Å². The summed E-state index contributed by atoms with van der Waals surface area (Å²) in [6, 6.07) is 5.93. The van der Waals surface area contributed by atoms with Crippen LogP contribution in [0.2, 0.25) is 5.02 Å². The van der Waals surface area contributed by atoms with Gasteiger partial charge in [-0.3, -0.25) is 4.90 Å². The van der Waals surface area contributed by atoms with E-state index in [4.69, 9.17) is 16.3 Å². The largest absolute Gasteiger partial charge is 0.489 e. The molecule has 0 saturated carbocycles. The van der Waals surface area contributed by atoms with Crippen molar-refractivity contribution in [2.24, 2.45) is 5.41 Å². The van der Waals surface area contributed by atoms with Crippen molar-refractivity contribution in [2.75, 3.05) is 44.7 Å². The minimum Gasteiger partial charge on any atom is -0.489 e. The summed E-state index contributed by atoms with van der Waals surface area (Å²) in [4.78, 5) is 21.5. The standard InChI is InChI=1S/C23H27ClN4O2/c1-23(14-25(2)18-7-9-26-8-3-4-19(26)13-18)15-27(16-23)22(29)28-10-11-30-21-12-17(24)5-6-20(21)28/h3,5-9,12-13,19H,4,10-11,14-16H2,1-2H3. The lowest BCUT2D eigenvalue weighted by Gasteiger charge is -2.51. The molecule has 4 heterocycles. The molecule has 1 unspecified atom stereocenters. The van der Waals surface area contributed by atoms with Crippen LogP contribution in [0.15, 0.2) is 54.5 Å². The smallest absolute Gasteiger partial charge is 0.324 e. The zero-order valence-corrected chi connectivity index (χ0v) is 18.2. The summed E-state index contributed by atoms with van der Waals surface area (Å²) in [6.45, 7) is 5.74. The maximum Gasteiger partial charge on any atom is 0.324 e. The zero-order chi connectivity index (χ0) is 20.9. The molecule has 0 bridgehead atoms. The van der Waals surface area contributed by atoms with Crippen molar-refractivity contribution < 1.29 is 9.53 Å². The second-order valence-corrected chi connectivity index (χ2v) is 9.40. The Hall–Kier alpha value is -2.60. The molecule has 4 aliphatic heterocycles. The summed E-state index contributed by atoms with van der Waals surface area (Å²) in [5.41, 5.74) is 2.14. The molecule has 1 aromatic rings. The third kappa shape index (κ3) is 3.43. The van der Waals surface area contributed by atoms with E-state index >= 15 is 0 Å². The Morgan fingerprint density at radius 1 is 1.33 bits per heavy atom. The number of anilines is 1. The van der Waals surface area contributed by atoms with Crippen molar-refractivity contribution in [3.63, 3.8) is 0 Å². The molecule has 0 spiro atoms. The van der Waals surface area contributed by atoms with Gasteiger partial charge in [-0.15, -0.1) is 0 Å². The molecule has 4 aliphatic rings. The van der Waals surface area contributed by atoms with E-state index in [1.54, 1.807) is 12.1 Å². The van der Waals surface area contributed by atoms with E-state index < -0.39 is 0 Å². The van der Waals surface area contributed by atoms with Crippen LogP contribution in [0, 0.1) is 5.41 Å². The number of rotatable bonds is 3. The number of likely N-dealkylation sites (N-methyl/N-ethyl adjacent to an activating group) is 1. The topological polar surface area (TPSA) is 39.3 Å². The molecule has 1 saturated heterocycles. The van der Waals surface area contributed by atoms with E-state index in [0.29, 0.717) is 30.0 Å². The van der Waals surface area contributed by atoms with Gasteiger partial charge in [0.1, 0.15) is 12.4 Å². The fourth-order valence-corrected chi connectivity index (χ4v) is 5.04. The second kappa shape index (κ2) is 7.27. The SMILES string of the molecule is CN(CC1(C)CN(C(=O)N2CCOc3cc(Cl)ccc32)C1)C1=CC2CC=CN2C=C1. The highest BCUT2D eigenvalue weighted by Crippen LogP contribution is 2.38. The van der Waals surface area contributed by atoms with Crippen molar-refractivity contribution in [3.8, 4) is 5.75 Å². The number of fused-ring (bicyclic) bond motifs is 2. The molecule has 0 aliphatic carbocycles. The fourth-order valence-electron chi connectivity index (χ4n) is 4.88. The summed E-state index contributed by atoms with van der Waals surface area (Å²) in [7, 11) is 2.14. The normalized spacial score (nSPS) is 23.4. The Morgan fingerprint density at radius 2 is 2.17 bits per heavy atom. The number of urea groups is 1. The van der Waals surface area contributed by atoms with E-state index in [0.717, 1.165) is 31.7 Å². The number of amides is 2. The number of carbonyl (C=O) groups is 1. The Balaban J connectivity index is 1.21.